The molecule has 4 rings (SSSR count). The first-order chi connectivity index (χ1) is 12.6. The molecule has 0 aliphatic carbocycles. The van der Waals surface area contributed by atoms with E-state index in [2.05, 4.69) is 10.2 Å². The predicted molar refractivity (Wildman–Crippen MR) is 94.4 cm³/mol. The van der Waals surface area contributed by atoms with Crippen LogP contribution >= 0.6 is 0 Å². The highest BCUT2D eigenvalue weighted by atomic mass is 19.1. The van der Waals surface area contributed by atoms with E-state index < -0.39 is 0 Å². The van der Waals surface area contributed by atoms with Crippen molar-refractivity contribution >= 4 is 11.6 Å². The maximum absolute atomic E-state index is 13.0. The summed E-state index contributed by atoms with van der Waals surface area (Å²) in [6.45, 7) is 2.54. The van der Waals surface area contributed by atoms with E-state index in [4.69, 9.17) is 4.42 Å². The second-order valence-corrected chi connectivity index (χ2v) is 6.58. The van der Waals surface area contributed by atoms with E-state index in [1.165, 1.54) is 12.1 Å². The average molecular weight is 351 g/mol. The van der Waals surface area contributed by atoms with Crippen molar-refractivity contribution in [3.05, 3.63) is 77.3 Å². The molecule has 6 heteroatoms. The Balaban J connectivity index is 1.47. The Labute approximate surface area is 150 Å². The van der Waals surface area contributed by atoms with Crippen molar-refractivity contribution in [2.75, 3.05) is 11.4 Å². The number of carbonyl (C=O) groups is 1. The molecule has 1 fully saturated rings. The lowest BCUT2D eigenvalue weighted by Gasteiger charge is -2.16. The first kappa shape index (κ1) is 16.4. The van der Waals surface area contributed by atoms with Gasteiger partial charge in [0, 0.05) is 18.7 Å². The van der Waals surface area contributed by atoms with Crippen LogP contribution in [-0.4, -0.2) is 22.6 Å². The molecule has 0 spiro atoms. The summed E-state index contributed by atoms with van der Waals surface area (Å²) in [4.78, 5) is 14.1. The molecule has 0 N–H and O–H groups in total. The first-order valence-corrected chi connectivity index (χ1v) is 8.52. The van der Waals surface area contributed by atoms with Crippen LogP contribution in [0.25, 0.3) is 0 Å². The number of nitrogens with zero attached hydrogens (tertiary/aromatic N) is 3. The minimum Gasteiger partial charge on any atom is -0.425 e. The molecule has 0 saturated carbocycles. The van der Waals surface area contributed by atoms with Crippen LogP contribution in [0, 0.1) is 12.7 Å². The fourth-order valence-corrected chi connectivity index (χ4v) is 3.13. The topological polar surface area (TPSA) is 59.2 Å². The summed E-state index contributed by atoms with van der Waals surface area (Å²) >= 11 is 0. The fraction of sp³-hybridized carbons (Fsp3) is 0.250. The number of carbonyl (C=O) groups excluding carboxylic acids is 1. The van der Waals surface area contributed by atoms with Gasteiger partial charge in [-0.15, -0.1) is 10.2 Å². The Morgan fingerprint density at radius 3 is 2.58 bits per heavy atom. The summed E-state index contributed by atoms with van der Waals surface area (Å²) in [7, 11) is 0. The van der Waals surface area contributed by atoms with Gasteiger partial charge in [0.25, 0.3) is 0 Å². The number of anilines is 1. The van der Waals surface area contributed by atoms with Gasteiger partial charge in [0.05, 0.1) is 12.3 Å². The summed E-state index contributed by atoms with van der Waals surface area (Å²) in [6, 6.07) is 14.1. The second kappa shape index (κ2) is 6.71. The number of rotatable bonds is 4. The molecular weight excluding hydrogens is 333 g/mol. The van der Waals surface area contributed by atoms with Gasteiger partial charge in [0.1, 0.15) is 5.82 Å². The van der Waals surface area contributed by atoms with Gasteiger partial charge in [-0.2, -0.15) is 0 Å². The zero-order valence-electron chi connectivity index (χ0n) is 14.4. The Hall–Kier alpha value is -3.02. The quantitative estimate of drug-likeness (QED) is 0.720. The number of benzene rings is 2. The lowest BCUT2D eigenvalue weighted by Crippen LogP contribution is -2.24. The summed E-state index contributed by atoms with van der Waals surface area (Å²) in [5, 5.41) is 8.19. The van der Waals surface area contributed by atoms with Crippen molar-refractivity contribution in [2.45, 2.75) is 25.7 Å². The van der Waals surface area contributed by atoms with Crippen LogP contribution in [0.2, 0.25) is 0 Å². The average Bonchev–Trinajstić information content (AvgIpc) is 3.24. The second-order valence-electron chi connectivity index (χ2n) is 6.58. The summed E-state index contributed by atoms with van der Waals surface area (Å²) in [5.74, 6) is 0.606. The molecular formula is C20H18FN3O2. The summed E-state index contributed by atoms with van der Waals surface area (Å²) in [6.07, 6.45) is 0.793. The first-order valence-electron chi connectivity index (χ1n) is 8.52. The smallest absolute Gasteiger partial charge is 0.227 e. The Morgan fingerprint density at radius 2 is 1.85 bits per heavy atom. The number of halogens is 1. The number of aryl methyl sites for hydroxylation is 1. The van der Waals surface area contributed by atoms with E-state index in [9.17, 15) is 9.18 Å². The highest BCUT2D eigenvalue weighted by Gasteiger charge is 2.34. The molecule has 5 nitrogen and oxygen atoms in total. The molecule has 1 aliphatic rings. The van der Waals surface area contributed by atoms with Gasteiger partial charge in [-0.25, -0.2) is 4.39 Å². The van der Waals surface area contributed by atoms with Gasteiger partial charge in [-0.05, 0) is 36.8 Å². The number of hydrogen-bond acceptors (Lipinski definition) is 4. The van der Waals surface area contributed by atoms with Crippen molar-refractivity contribution in [2.24, 2.45) is 0 Å². The SMILES string of the molecule is Cc1ccc(N2C[C@H](c3nnc(Cc4ccc(F)cc4)o3)CC2=O)cc1. The number of hydrogen-bond donors (Lipinski definition) is 0. The molecule has 26 heavy (non-hydrogen) atoms. The maximum Gasteiger partial charge on any atom is 0.227 e. The van der Waals surface area contributed by atoms with Crippen LogP contribution in [0.15, 0.2) is 52.9 Å². The van der Waals surface area contributed by atoms with E-state index in [0.29, 0.717) is 31.2 Å². The lowest BCUT2D eigenvalue weighted by atomic mass is 10.1. The minimum atomic E-state index is -0.277. The van der Waals surface area contributed by atoms with Crippen molar-refractivity contribution in [3.63, 3.8) is 0 Å². The van der Waals surface area contributed by atoms with E-state index in [0.717, 1.165) is 16.8 Å². The molecule has 132 valence electrons. The van der Waals surface area contributed by atoms with Crippen molar-refractivity contribution in [3.8, 4) is 0 Å². The molecule has 2 aromatic carbocycles. The zero-order valence-corrected chi connectivity index (χ0v) is 14.4. The van der Waals surface area contributed by atoms with Crippen molar-refractivity contribution in [1.82, 2.24) is 10.2 Å². The van der Waals surface area contributed by atoms with Gasteiger partial charge in [-0.1, -0.05) is 29.8 Å². The van der Waals surface area contributed by atoms with Gasteiger partial charge in [0.15, 0.2) is 0 Å². The van der Waals surface area contributed by atoms with E-state index in [-0.39, 0.29) is 17.6 Å². The predicted octanol–water partition coefficient (Wildman–Crippen LogP) is 3.63. The van der Waals surface area contributed by atoms with Crippen LogP contribution in [0.5, 0.6) is 0 Å². The third kappa shape index (κ3) is 3.35. The normalized spacial score (nSPS) is 17.1. The molecule has 2 heterocycles. The number of amides is 1. The maximum atomic E-state index is 13.0. The van der Waals surface area contributed by atoms with Gasteiger partial charge in [0.2, 0.25) is 17.7 Å². The standard InChI is InChI=1S/C20H18FN3O2/c1-13-2-8-17(9-3-13)24-12-15(11-19(24)25)20-23-22-18(26-20)10-14-4-6-16(21)7-5-14/h2-9,15H,10-12H2,1H3/t15-/m1/s1. The van der Waals surface area contributed by atoms with Crippen LogP contribution < -0.4 is 4.90 Å². The highest BCUT2D eigenvalue weighted by molar-refractivity contribution is 5.96. The van der Waals surface area contributed by atoms with Gasteiger partial charge in [-0.3, -0.25) is 4.79 Å². The zero-order chi connectivity index (χ0) is 18.1. The molecule has 1 amide bonds. The molecule has 1 saturated heterocycles. The molecule has 1 atom stereocenters. The molecule has 0 unspecified atom stereocenters. The van der Waals surface area contributed by atoms with Crippen LogP contribution in [0.3, 0.4) is 0 Å². The van der Waals surface area contributed by atoms with Crippen LogP contribution in [0.4, 0.5) is 10.1 Å². The van der Waals surface area contributed by atoms with Crippen LogP contribution in [-0.2, 0) is 11.2 Å². The van der Waals surface area contributed by atoms with Gasteiger partial charge < -0.3 is 9.32 Å². The Morgan fingerprint density at radius 1 is 1.12 bits per heavy atom. The molecule has 0 radical (unpaired) electrons. The minimum absolute atomic E-state index is 0.0529. The van der Waals surface area contributed by atoms with E-state index in [1.54, 1.807) is 17.0 Å². The van der Waals surface area contributed by atoms with E-state index >= 15 is 0 Å². The molecule has 3 aromatic rings. The summed E-state index contributed by atoms with van der Waals surface area (Å²) in [5.41, 5.74) is 2.93. The largest absolute Gasteiger partial charge is 0.425 e. The monoisotopic (exact) mass is 351 g/mol. The molecule has 1 aliphatic heterocycles. The van der Waals surface area contributed by atoms with E-state index in [1.807, 2.05) is 31.2 Å². The Kier molecular flexibility index (Phi) is 4.24. The van der Waals surface area contributed by atoms with Crippen LogP contribution in [0.1, 0.15) is 35.2 Å². The molecule has 0 bridgehead atoms. The summed E-state index contributed by atoms with van der Waals surface area (Å²) < 4.78 is 18.7. The van der Waals surface area contributed by atoms with Gasteiger partial charge >= 0.3 is 0 Å². The fourth-order valence-electron chi connectivity index (χ4n) is 3.13. The third-order valence-corrected chi connectivity index (χ3v) is 4.57. The number of aromatic nitrogens is 2. The Bertz CT molecular complexity index is 919. The van der Waals surface area contributed by atoms with Crippen molar-refractivity contribution < 1.29 is 13.6 Å². The third-order valence-electron chi connectivity index (χ3n) is 4.57. The van der Waals surface area contributed by atoms with Crippen molar-refractivity contribution in [1.29, 1.82) is 0 Å². The molecule has 1 aromatic heterocycles. The highest BCUT2D eigenvalue weighted by Crippen LogP contribution is 2.31. The lowest BCUT2D eigenvalue weighted by molar-refractivity contribution is -0.117.